The Bertz CT molecular complexity index is 1020. The summed E-state index contributed by atoms with van der Waals surface area (Å²) in [5.41, 5.74) is 6.77. The van der Waals surface area contributed by atoms with Crippen molar-refractivity contribution in [1.29, 1.82) is 0 Å². The first-order valence-corrected chi connectivity index (χ1v) is 10.7. The molecular formula is C25H30N4O. The summed E-state index contributed by atoms with van der Waals surface area (Å²) < 4.78 is 1.99. The highest BCUT2D eigenvalue weighted by atomic mass is 16.1. The average Bonchev–Trinajstić information content (AvgIpc) is 3.23. The number of benzene rings is 2. The maximum Gasteiger partial charge on any atom is 0.251 e. The molecule has 1 amide bonds. The lowest BCUT2D eigenvalue weighted by Crippen LogP contribution is -2.33. The van der Waals surface area contributed by atoms with E-state index in [0.717, 1.165) is 42.9 Å². The van der Waals surface area contributed by atoms with Crippen molar-refractivity contribution in [2.75, 3.05) is 18.0 Å². The number of anilines is 1. The van der Waals surface area contributed by atoms with Crippen molar-refractivity contribution in [1.82, 2.24) is 15.1 Å². The summed E-state index contributed by atoms with van der Waals surface area (Å²) in [6, 6.07) is 19.0. The predicted octanol–water partition coefficient (Wildman–Crippen LogP) is 4.12. The zero-order valence-electron chi connectivity index (χ0n) is 18.1. The fourth-order valence-corrected chi connectivity index (χ4v) is 4.29. The van der Waals surface area contributed by atoms with Crippen LogP contribution in [0.15, 0.2) is 54.6 Å². The third kappa shape index (κ3) is 4.40. The lowest BCUT2D eigenvalue weighted by molar-refractivity contribution is 0.0953. The maximum absolute atomic E-state index is 12.5. The number of carbonyl (C=O) groups excluding carboxylic acids is 1. The van der Waals surface area contributed by atoms with Crippen LogP contribution in [0.3, 0.4) is 0 Å². The van der Waals surface area contributed by atoms with Crippen LogP contribution in [0.5, 0.6) is 0 Å². The first kappa shape index (κ1) is 20.2. The molecule has 0 fully saturated rings. The Morgan fingerprint density at radius 3 is 2.63 bits per heavy atom. The Kier molecular flexibility index (Phi) is 5.88. The number of aryl methyl sites for hydroxylation is 2. The number of nitrogens with zero attached hydrogens (tertiary/aromatic N) is 3. The standard InChI is InChI=1S/C25H30N4O/c1-18-15-20(3)29(27-18)17-21-9-11-22(12-10-21)25(30)26-13-6-14-28-19(2)16-23-7-4-5-8-24(23)28/h4-5,7-12,15,19H,6,13-14,16-17H2,1-3H3,(H,26,30). The monoisotopic (exact) mass is 402 g/mol. The zero-order chi connectivity index (χ0) is 21.1. The number of para-hydroxylation sites is 1. The summed E-state index contributed by atoms with van der Waals surface area (Å²) in [4.78, 5) is 14.9. The number of aromatic nitrogens is 2. The van der Waals surface area contributed by atoms with Gasteiger partial charge < -0.3 is 10.2 Å². The normalized spacial score (nSPS) is 15.3. The van der Waals surface area contributed by atoms with E-state index in [-0.39, 0.29) is 5.91 Å². The molecule has 1 aromatic heterocycles. The maximum atomic E-state index is 12.5. The molecule has 0 saturated heterocycles. The molecule has 1 N–H and O–H groups in total. The number of amides is 1. The van der Waals surface area contributed by atoms with Gasteiger partial charge in [0.05, 0.1) is 12.2 Å². The second-order valence-corrected chi connectivity index (χ2v) is 8.27. The van der Waals surface area contributed by atoms with E-state index < -0.39 is 0 Å². The average molecular weight is 403 g/mol. The highest BCUT2D eigenvalue weighted by molar-refractivity contribution is 5.94. The van der Waals surface area contributed by atoms with Crippen LogP contribution < -0.4 is 10.2 Å². The van der Waals surface area contributed by atoms with Crippen LogP contribution in [0, 0.1) is 13.8 Å². The summed E-state index contributed by atoms with van der Waals surface area (Å²) in [5, 5.41) is 7.56. The number of carbonyl (C=O) groups is 1. The summed E-state index contributed by atoms with van der Waals surface area (Å²) in [6.07, 6.45) is 2.03. The molecule has 0 radical (unpaired) electrons. The second kappa shape index (κ2) is 8.74. The Morgan fingerprint density at radius 2 is 1.90 bits per heavy atom. The van der Waals surface area contributed by atoms with Gasteiger partial charge in [0, 0.05) is 36.1 Å². The van der Waals surface area contributed by atoms with Crippen LogP contribution in [-0.2, 0) is 13.0 Å². The Labute approximate surface area is 178 Å². The van der Waals surface area contributed by atoms with E-state index in [1.165, 1.54) is 11.3 Å². The van der Waals surface area contributed by atoms with Crippen LogP contribution in [0.25, 0.3) is 0 Å². The van der Waals surface area contributed by atoms with Crippen LogP contribution >= 0.6 is 0 Å². The van der Waals surface area contributed by atoms with E-state index in [0.29, 0.717) is 18.2 Å². The van der Waals surface area contributed by atoms with E-state index in [1.807, 2.05) is 35.9 Å². The molecule has 2 heterocycles. The fraction of sp³-hybridized carbons (Fsp3) is 0.360. The quantitative estimate of drug-likeness (QED) is 0.605. The van der Waals surface area contributed by atoms with E-state index in [2.05, 4.69) is 59.5 Å². The summed E-state index contributed by atoms with van der Waals surface area (Å²) >= 11 is 0. The first-order chi connectivity index (χ1) is 14.5. The number of rotatable bonds is 7. The van der Waals surface area contributed by atoms with Crippen LogP contribution in [0.2, 0.25) is 0 Å². The van der Waals surface area contributed by atoms with Gasteiger partial charge in [-0.15, -0.1) is 0 Å². The molecule has 156 valence electrons. The largest absolute Gasteiger partial charge is 0.368 e. The van der Waals surface area contributed by atoms with Gasteiger partial charge in [-0.1, -0.05) is 30.3 Å². The molecule has 0 spiro atoms. The van der Waals surface area contributed by atoms with Crippen LogP contribution in [0.1, 0.15) is 46.2 Å². The van der Waals surface area contributed by atoms with Gasteiger partial charge in [0.1, 0.15) is 0 Å². The zero-order valence-corrected chi connectivity index (χ0v) is 18.1. The molecule has 5 heteroatoms. The predicted molar refractivity (Wildman–Crippen MR) is 121 cm³/mol. The molecular weight excluding hydrogens is 372 g/mol. The third-order valence-electron chi connectivity index (χ3n) is 5.86. The van der Waals surface area contributed by atoms with Crippen molar-refractivity contribution in [3.8, 4) is 0 Å². The first-order valence-electron chi connectivity index (χ1n) is 10.7. The van der Waals surface area contributed by atoms with Gasteiger partial charge in [0.15, 0.2) is 0 Å². The van der Waals surface area contributed by atoms with Gasteiger partial charge in [-0.25, -0.2) is 0 Å². The molecule has 1 unspecified atom stereocenters. The molecule has 4 rings (SSSR count). The molecule has 1 aliphatic rings. The molecule has 1 atom stereocenters. The highest BCUT2D eigenvalue weighted by Crippen LogP contribution is 2.31. The van der Waals surface area contributed by atoms with Crippen molar-refractivity contribution >= 4 is 11.6 Å². The minimum atomic E-state index is -0.0115. The smallest absolute Gasteiger partial charge is 0.251 e. The summed E-state index contributed by atoms with van der Waals surface area (Å²) in [7, 11) is 0. The molecule has 2 aromatic carbocycles. The summed E-state index contributed by atoms with van der Waals surface area (Å²) in [6.45, 7) is 8.68. The topological polar surface area (TPSA) is 50.2 Å². The molecule has 3 aromatic rings. The van der Waals surface area contributed by atoms with Gasteiger partial charge in [0.25, 0.3) is 5.91 Å². The van der Waals surface area contributed by atoms with Crippen molar-refractivity contribution in [2.45, 2.75) is 46.2 Å². The van der Waals surface area contributed by atoms with Crippen molar-refractivity contribution in [3.63, 3.8) is 0 Å². The summed E-state index contributed by atoms with van der Waals surface area (Å²) in [5.74, 6) is -0.0115. The van der Waals surface area contributed by atoms with Gasteiger partial charge in [0.2, 0.25) is 0 Å². The molecule has 0 saturated carbocycles. The number of hydrogen-bond donors (Lipinski definition) is 1. The van der Waals surface area contributed by atoms with E-state index >= 15 is 0 Å². The van der Waals surface area contributed by atoms with Crippen LogP contribution in [0.4, 0.5) is 5.69 Å². The third-order valence-corrected chi connectivity index (χ3v) is 5.86. The Morgan fingerprint density at radius 1 is 1.13 bits per heavy atom. The highest BCUT2D eigenvalue weighted by Gasteiger charge is 2.24. The molecule has 0 aliphatic carbocycles. The molecule has 0 bridgehead atoms. The van der Waals surface area contributed by atoms with E-state index in [9.17, 15) is 4.79 Å². The molecule has 1 aliphatic heterocycles. The van der Waals surface area contributed by atoms with E-state index in [4.69, 9.17) is 0 Å². The van der Waals surface area contributed by atoms with Crippen molar-refractivity contribution in [3.05, 3.63) is 82.7 Å². The Hall–Kier alpha value is -3.08. The molecule has 30 heavy (non-hydrogen) atoms. The Balaban J connectivity index is 1.26. The lowest BCUT2D eigenvalue weighted by atomic mass is 10.1. The number of nitrogens with one attached hydrogen (secondary N) is 1. The molecule has 5 nitrogen and oxygen atoms in total. The van der Waals surface area contributed by atoms with Gasteiger partial charge in [-0.2, -0.15) is 5.10 Å². The minimum absolute atomic E-state index is 0.0115. The number of fused-ring (bicyclic) bond motifs is 1. The van der Waals surface area contributed by atoms with Crippen molar-refractivity contribution < 1.29 is 4.79 Å². The van der Waals surface area contributed by atoms with Crippen LogP contribution in [-0.4, -0.2) is 34.8 Å². The lowest BCUT2D eigenvalue weighted by Gasteiger charge is -2.24. The van der Waals surface area contributed by atoms with Gasteiger partial charge in [-0.3, -0.25) is 9.48 Å². The minimum Gasteiger partial charge on any atom is -0.368 e. The SMILES string of the molecule is Cc1cc(C)n(Cc2ccc(C(=O)NCCCN3c4ccccc4CC3C)cc2)n1. The second-order valence-electron chi connectivity index (χ2n) is 8.27. The van der Waals surface area contributed by atoms with E-state index in [1.54, 1.807) is 0 Å². The van der Waals surface area contributed by atoms with Gasteiger partial charge in [-0.05, 0) is 69.0 Å². The fourth-order valence-electron chi connectivity index (χ4n) is 4.29. The number of hydrogen-bond acceptors (Lipinski definition) is 3. The van der Waals surface area contributed by atoms with Crippen molar-refractivity contribution in [2.24, 2.45) is 0 Å². The van der Waals surface area contributed by atoms with Gasteiger partial charge >= 0.3 is 0 Å².